The zero-order valence-electron chi connectivity index (χ0n) is 21.5. The first-order chi connectivity index (χ1) is 15.9. The van der Waals surface area contributed by atoms with Crippen LogP contribution in [0, 0.1) is 17.3 Å². The van der Waals surface area contributed by atoms with E-state index in [4.69, 9.17) is 9.31 Å². The minimum Gasteiger partial charge on any atom is -0.0345 e. The minimum atomic E-state index is -2.15. The Morgan fingerprint density at radius 3 is 2.50 bits per heavy atom. The standard InChI is InChI=1S/C23H30BN2O4.3CH3.Sn/c1-22(2)16-12-17(22)23(3)18(13-16)29-24(30-23)19-10-7-11-26(19)20(27)14-25-21(28)15-8-5-4-6-9-15;;;;/h5-6,8-9,16-19H,7,10-14H2,1-3H3,(H,25,28);3*1H3;/t16-,17?,18-,19?,23+;;;;/m1..../s1. The molecule has 2 saturated heterocycles. The summed E-state index contributed by atoms with van der Waals surface area (Å²) >= 11 is -2.15. The monoisotopic (exact) mass is 574 g/mol. The third-order valence-electron chi connectivity index (χ3n) is 9.32. The van der Waals surface area contributed by atoms with Gasteiger partial charge in [-0.2, -0.15) is 0 Å². The molecule has 1 aromatic rings. The maximum absolute atomic E-state index is 13.1. The van der Waals surface area contributed by atoms with Crippen LogP contribution in [0.3, 0.4) is 0 Å². The van der Waals surface area contributed by atoms with Crippen LogP contribution in [-0.2, 0) is 14.1 Å². The topological polar surface area (TPSA) is 67.9 Å². The van der Waals surface area contributed by atoms with Crippen molar-refractivity contribution in [1.29, 1.82) is 0 Å². The average molecular weight is 573 g/mol. The Balaban J connectivity index is 1.19. The predicted molar refractivity (Wildman–Crippen MR) is 137 cm³/mol. The summed E-state index contributed by atoms with van der Waals surface area (Å²) in [6.45, 7) is 7.63. The van der Waals surface area contributed by atoms with Crippen LogP contribution in [0.4, 0.5) is 0 Å². The van der Waals surface area contributed by atoms with Crippen molar-refractivity contribution in [2.75, 3.05) is 13.1 Å². The number of likely N-dealkylation sites (tertiary alicyclic amines) is 1. The van der Waals surface area contributed by atoms with Crippen LogP contribution in [0.25, 0.3) is 0 Å². The van der Waals surface area contributed by atoms with Crippen molar-refractivity contribution in [3.63, 3.8) is 0 Å². The summed E-state index contributed by atoms with van der Waals surface area (Å²) in [5.41, 5.74) is 0.636. The van der Waals surface area contributed by atoms with E-state index >= 15 is 0 Å². The summed E-state index contributed by atoms with van der Waals surface area (Å²) in [6.07, 6.45) is 4.20. The van der Waals surface area contributed by atoms with Gasteiger partial charge in [0.05, 0.1) is 11.7 Å². The van der Waals surface area contributed by atoms with E-state index in [1.54, 1.807) is 0 Å². The van der Waals surface area contributed by atoms with Crippen LogP contribution in [0.5, 0.6) is 0 Å². The molecule has 184 valence electrons. The molecule has 2 unspecified atom stereocenters. The second-order valence-electron chi connectivity index (χ2n) is 12.6. The van der Waals surface area contributed by atoms with Crippen LogP contribution < -0.4 is 8.90 Å². The number of hydrogen-bond donors (Lipinski definition) is 1. The molecule has 1 N–H and O–H groups in total. The molecule has 0 aromatic heterocycles. The van der Waals surface area contributed by atoms with Gasteiger partial charge in [0, 0.05) is 0 Å². The Labute approximate surface area is 208 Å². The van der Waals surface area contributed by atoms with Gasteiger partial charge in [0.2, 0.25) is 0 Å². The van der Waals surface area contributed by atoms with Crippen molar-refractivity contribution in [3.05, 3.63) is 29.8 Å². The van der Waals surface area contributed by atoms with Gasteiger partial charge in [0.25, 0.3) is 0 Å². The molecule has 3 aliphatic carbocycles. The Bertz CT molecular complexity index is 978. The molecule has 3 saturated carbocycles. The number of carbonyl (C=O) groups is 2. The SMILES string of the molecule is CC1(C)C2C[C@@H]1C[C@H]1OB(C3CCCN3C(=O)CNC(=O)c3cc[c]([Sn]([CH3])([CH3])[CH3])cc3)O[C@@]21C. The molecule has 6 nitrogen and oxygen atoms in total. The van der Waals surface area contributed by atoms with E-state index in [1.807, 2.05) is 17.0 Å². The molecule has 6 rings (SSSR count). The van der Waals surface area contributed by atoms with Gasteiger partial charge in [0.15, 0.2) is 0 Å². The molecule has 0 radical (unpaired) electrons. The molecule has 0 spiro atoms. The van der Waals surface area contributed by atoms with Crippen molar-refractivity contribution in [2.24, 2.45) is 17.3 Å². The molecule has 2 bridgehead atoms. The number of nitrogens with zero attached hydrogens (tertiary/aromatic N) is 1. The van der Waals surface area contributed by atoms with Crippen molar-refractivity contribution < 1.29 is 18.9 Å². The van der Waals surface area contributed by atoms with Crippen molar-refractivity contribution >= 4 is 40.9 Å². The van der Waals surface area contributed by atoms with Crippen LogP contribution in [0.15, 0.2) is 24.3 Å². The van der Waals surface area contributed by atoms with Gasteiger partial charge in [-0.3, -0.25) is 0 Å². The molecule has 5 fully saturated rings. The van der Waals surface area contributed by atoms with Crippen molar-refractivity contribution in [3.8, 4) is 0 Å². The molecule has 2 heterocycles. The zero-order valence-corrected chi connectivity index (χ0v) is 24.4. The fourth-order valence-electron chi connectivity index (χ4n) is 6.93. The van der Waals surface area contributed by atoms with Crippen LogP contribution >= 0.6 is 0 Å². The first kappa shape index (κ1) is 24.6. The van der Waals surface area contributed by atoms with Gasteiger partial charge in [-0.1, -0.05) is 13.8 Å². The smallest absolute Gasteiger partial charge is 0.0345 e. The van der Waals surface area contributed by atoms with Crippen LogP contribution in [-0.4, -0.2) is 72.9 Å². The van der Waals surface area contributed by atoms with Gasteiger partial charge >= 0.3 is 147 Å². The molecule has 2 amide bonds. The van der Waals surface area contributed by atoms with Gasteiger partial charge < -0.3 is 0 Å². The normalized spacial score (nSPS) is 33.9. The van der Waals surface area contributed by atoms with E-state index in [9.17, 15) is 9.59 Å². The van der Waals surface area contributed by atoms with Gasteiger partial charge in [-0.05, 0) is 37.0 Å². The summed E-state index contributed by atoms with van der Waals surface area (Å²) in [5.74, 6) is 0.873. The molecular weight excluding hydrogens is 534 g/mol. The number of carbonyl (C=O) groups excluding carboxylic acids is 2. The summed E-state index contributed by atoms with van der Waals surface area (Å²) < 4.78 is 14.5. The van der Waals surface area contributed by atoms with E-state index in [0.29, 0.717) is 29.4 Å². The molecule has 8 heteroatoms. The van der Waals surface area contributed by atoms with Crippen molar-refractivity contribution in [1.82, 2.24) is 10.2 Å². The second kappa shape index (κ2) is 8.51. The first-order valence-corrected chi connectivity index (χ1v) is 22.9. The zero-order chi connectivity index (χ0) is 24.5. The van der Waals surface area contributed by atoms with Crippen LogP contribution in [0.2, 0.25) is 14.8 Å². The third kappa shape index (κ3) is 4.03. The number of benzene rings is 1. The summed E-state index contributed by atoms with van der Waals surface area (Å²) in [4.78, 5) is 34.7. The number of nitrogens with one attached hydrogen (secondary N) is 1. The average Bonchev–Trinajstić information content (AvgIpc) is 3.40. The van der Waals surface area contributed by atoms with Crippen molar-refractivity contribution in [2.45, 2.75) is 78.9 Å². The molecule has 5 atom stereocenters. The summed E-state index contributed by atoms with van der Waals surface area (Å²) in [6, 6.07) is 7.91. The number of amides is 2. The van der Waals surface area contributed by atoms with Crippen LogP contribution in [0.1, 0.15) is 56.8 Å². The molecule has 34 heavy (non-hydrogen) atoms. The Morgan fingerprint density at radius 2 is 1.85 bits per heavy atom. The third-order valence-corrected chi connectivity index (χ3v) is 15.2. The fraction of sp³-hybridized carbons (Fsp3) is 0.692. The quantitative estimate of drug-likeness (QED) is 0.550. The van der Waals surface area contributed by atoms with Gasteiger partial charge in [-0.25, -0.2) is 0 Å². The number of hydrogen-bond acceptors (Lipinski definition) is 4. The number of rotatable bonds is 5. The molecule has 2 aliphatic heterocycles. The fourth-order valence-corrected chi connectivity index (χ4v) is 10.3. The summed E-state index contributed by atoms with van der Waals surface area (Å²) in [7, 11) is -0.372. The Hall–Kier alpha value is -1.06. The predicted octanol–water partition coefficient (Wildman–Crippen LogP) is 3.22. The molecule has 1 aromatic carbocycles. The minimum absolute atomic E-state index is 0.000726. The maximum atomic E-state index is 13.1. The van der Waals surface area contributed by atoms with E-state index in [0.717, 1.165) is 19.3 Å². The van der Waals surface area contributed by atoms with Gasteiger partial charge in [0.1, 0.15) is 0 Å². The van der Waals surface area contributed by atoms with E-state index in [2.05, 4.69) is 53.0 Å². The van der Waals surface area contributed by atoms with E-state index in [1.165, 1.54) is 10.0 Å². The Kier molecular flexibility index (Phi) is 6.17. The first-order valence-electron chi connectivity index (χ1n) is 12.9. The van der Waals surface area contributed by atoms with E-state index in [-0.39, 0.29) is 43.1 Å². The Morgan fingerprint density at radius 1 is 1.15 bits per heavy atom. The summed E-state index contributed by atoms with van der Waals surface area (Å²) in [5, 5.41) is 2.83. The van der Waals surface area contributed by atoms with E-state index < -0.39 is 18.4 Å². The second-order valence-corrected chi connectivity index (χ2v) is 27.1. The molecular formula is C26H39BN2O4Sn. The van der Waals surface area contributed by atoms with Gasteiger partial charge in [-0.15, -0.1) is 0 Å². The molecule has 5 aliphatic rings.